The van der Waals surface area contributed by atoms with Crippen LogP contribution in [0.4, 0.5) is 0 Å². The van der Waals surface area contributed by atoms with Crippen LogP contribution in [0.2, 0.25) is 0 Å². The molecule has 1 heterocycles. The Morgan fingerprint density at radius 1 is 1.15 bits per heavy atom. The van der Waals surface area contributed by atoms with E-state index < -0.39 is 5.41 Å². The minimum atomic E-state index is -0.563. The second kappa shape index (κ2) is 4.16. The molecule has 1 aliphatic heterocycles. The second-order valence-electron chi connectivity index (χ2n) is 5.94. The quantitative estimate of drug-likeness (QED) is 0.662. The minimum absolute atomic E-state index is 0.0520. The molecule has 0 aromatic carbocycles. The van der Waals surface area contributed by atoms with Crippen LogP contribution in [-0.4, -0.2) is 62.5 Å². The third-order valence-corrected chi connectivity index (χ3v) is 5.12. The summed E-state index contributed by atoms with van der Waals surface area (Å²) in [6, 6.07) is 0. The first-order chi connectivity index (χ1) is 9.39. The van der Waals surface area contributed by atoms with Crippen LogP contribution in [0, 0.1) is 23.2 Å². The summed E-state index contributed by atoms with van der Waals surface area (Å²) in [7, 11) is 6.09. The monoisotopic (exact) mass is 284 g/mol. The smallest absolute Gasteiger partial charge is 0.254 e. The number of ether oxygens (including phenoxy) is 1. The van der Waals surface area contributed by atoms with E-state index in [-0.39, 0.29) is 41.8 Å². The van der Waals surface area contributed by atoms with Gasteiger partial charge in [-0.15, -0.1) is 0 Å². The zero-order valence-electron chi connectivity index (χ0n) is 12.3. The van der Waals surface area contributed by atoms with Gasteiger partial charge in [-0.2, -0.15) is 0 Å². The molecule has 2 saturated carbocycles. The first-order valence-electron chi connectivity index (χ1n) is 6.69. The van der Waals surface area contributed by atoms with Crippen molar-refractivity contribution in [2.45, 2.75) is 19.1 Å². The fraction of sp³-hybridized carbons (Fsp3) is 0.846. The Hall–Kier alpha value is -1.18. The molecular formula is C13H20N2O5. The first kappa shape index (κ1) is 13.8. The topological polar surface area (TPSA) is 68.3 Å². The number of amides is 2. The largest absolute Gasteiger partial charge is 0.372 e. The van der Waals surface area contributed by atoms with Crippen molar-refractivity contribution >= 4 is 11.8 Å². The van der Waals surface area contributed by atoms with Crippen LogP contribution in [-0.2, 0) is 24.0 Å². The molecule has 0 bridgehead atoms. The normalized spacial score (nSPS) is 43.5. The molecule has 20 heavy (non-hydrogen) atoms. The van der Waals surface area contributed by atoms with Crippen molar-refractivity contribution in [1.82, 2.24) is 10.1 Å². The van der Waals surface area contributed by atoms with E-state index >= 15 is 0 Å². The van der Waals surface area contributed by atoms with Gasteiger partial charge in [-0.05, 0) is 6.92 Å². The lowest BCUT2D eigenvalue weighted by Crippen LogP contribution is -2.35. The highest BCUT2D eigenvalue weighted by Gasteiger charge is 2.84. The van der Waals surface area contributed by atoms with Crippen molar-refractivity contribution in [3.05, 3.63) is 0 Å². The molecule has 3 aliphatic rings. The number of nitrogens with zero attached hydrogens (tertiary/aromatic N) is 2. The van der Waals surface area contributed by atoms with Crippen LogP contribution in [0.1, 0.15) is 6.92 Å². The van der Waals surface area contributed by atoms with E-state index in [2.05, 4.69) is 0 Å². The van der Waals surface area contributed by atoms with Gasteiger partial charge >= 0.3 is 0 Å². The zero-order valence-corrected chi connectivity index (χ0v) is 12.3. The summed E-state index contributed by atoms with van der Waals surface area (Å²) in [5.74, 6) is -0.112. The van der Waals surface area contributed by atoms with E-state index in [0.29, 0.717) is 0 Å². The SMILES string of the molecule is CON(C)C(=O)[C@@H]1[C@H]2O[C@H]3[C@@H]([C@H]21)[C@]3(C)C(=O)N(C)OC. The van der Waals surface area contributed by atoms with Crippen LogP contribution in [0.5, 0.6) is 0 Å². The Morgan fingerprint density at radius 3 is 2.30 bits per heavy atom. The molecule has 7 heteroatoms. The Morgan fingerprint density at radius 2 is 1.75 bits per heavy atom. The van der Waals surface area contributed by atoms with E-state index in [4.69, 9.17) is 14.4 Å². The molecule has 0 spiro atoms. The third-order valence-electron chi connectivity index (χ3n) is 5.12. The van der Waals surface area contributed by atoms with Crippen LogP contribution < -0.4 is 0 Å². The van der Waals surface area contributed by atoms with Crippen molar-refractivity contribution in [2.24, 2.45) is 23.2 Å². The van der Waals surface area contributed by atoms with Crippen molar-refractivity contribution in [2.75, 3.05) is 28.3 Å². The van der Waals surface area contributed by atoms with Gasteiger partial charge in [0, 0.05) is 25.9 Å². The number of hydrogen-bond donors (Lipinski definition) is 0. The number of hydroxylamine groups is 4. The molecule has 3 fully saturated rings. The summed E-state index contributed by atoms with van der Waals surface area (Å²) < 4.78 is 5.86. The van der Waals surface area contributed by atoms with Gasteiger partial charge in [-0.3, -0.25) is 19.3 Å². The van der Waals surface area contributed by atoms with Crippen molar-refractivity contribution < 1.29 is 24.0 Å². The molecule has 2 amide bonds. The van der Waals surface area contributed by atoms with Gasteiger partial charge in [0.15, 0.2) is 0 Å². The standard InChI is InChI=1S/C13H20N2O5/c1-13(12(17)15(3)19-5)8-6-7(9(6)20-10(8)13)11(16)14(2)18-4/h6-10H,1-5H3/t6-,7+,8-,9+,10+,13+/m1/s1. The van der Waals surface area contributed by atoms with Crippen molar-refractivity contribution in [3.8, 4) is 0 Å². The molecule has 0 aromatic heterocycles. The van der Waals surface area contributed by atoms with Gasteiger partial charge in [0.25, 0.3) is 11.8 Å². The number of carbonyl (C=O) groups is 2. The lowest BCUT2D eigenvalue weighted by atomic mass is 10.0. The molecular weight excluding hydrogens is 264 g/mol. The molecule has 7 nitrogen and oxygen atoms in total. The van der Waals surface area contributed by atoms with Gasteiger partial charge in [0.2, 0.25) is 0 Å². The van der Waals surface area contributed by atoms with E-state index in [1.807, 2.05) is 6.92 Å². The Labute approximate surface area is 117 Å². The molecule has 0 radical (unpaired) electrons. The molecule has 1 saturated heterocycles. The molecule has 2 aliphatic carbocycles. The average molecular weight is 284 g/mol. The Balaban J connectivity index is 1.69. The summed E-state index contributed by atoms with van der Waals surface area (Å²) in [6.07, 6.45) is -0.136. The van der Waals surface area contributed by atoms with E-state index in [0.717, 1.165) is 0 Å². The highest BCUT2D eigenvalue weighted by atomic mass is 16.7. The maximum Gasteiger partial charge on any atom is 0.254 e. The molecule has 0 unspecified atom stereocenters. The highest BCUT2D eigenvalue weighted by molar-refractivity contribution is 5.89. The second-order valence-corrected chi connectivity index (χ2v) is 5.94. The van der Waals surface area contributed by atoms with Crippen LogP contribution in [0.25, 0.3) is 0 Å². The molecule has 0 N–H and O–H groups in total. The summed E-state index contributed by atoms with van der Waals surface area (Å²) in [6.45, 7) is 1.89. The van der Waals surface area contributed by atoms with Crippen LogP contribution >= 0.6 is 0 Å². The lowest BCUT2D eigenvalue weighted by molar-refractivity contribution is -0.177. The molecule has 112 valence electrons. The predicted molar refractivity (Wildman–Crippen MR) is 66.8 cm³/mol. The van der Waals surface area contributed by atoms with Gasteiger partial charge in [-0.1, -0.05) is 0 Å². The van der Waals surface area contributed by atoms with E-state index in [1.165, 1.54) is 24.3 Å². The lowest BCUT2D eigenvalue weighted by Gasteiger charge is -2.20. The first-order valence-corrected chi connectivity index (χ1v) is 6.69. The average Bonchev–Trinajstić information content (AvgIpc) is 3.26. The minimum Gasteiger partial charge on any atom is -0.372 e. The highest BCUT2D eigenvalue weighted by Crippen LogP contribution is 2.74. The van der Waals surface area contributed by atoms with Gasteiger partial charge in [0.05, 0.1) is 37.8 Å². The number of fused-ring (bicyclic) bond motifs is 3. The summed E-state index contributed by atoms with van der Waals surface area (Å²) in [5, 5.41) is 2.46. The van der Waals surface area contributed by atoms with Gasteiger partial charge in [0.1, 0.15) is 0 Å². The van der Waals surface area contributed by atoms with Gasteiger partial charge in [-0.25, -0.2) is 10.1 Å². The van der Waals surface area contributed by atoms with E-state index in [1.54, 1.807) is 14.1 Å². The third kappa shape index (κ3) is 1.51. The van der Waals surface area contributed by atoms with E-state index in [9.17, 15) is 9.59 Å². The summed E-state index contributed by atoms with van der Waals surface area (Å²) in [4.78, 5) is 34.3. The Kier molecular flexibility index (Phi) is 2.87. The maximum absolute atomic E-state index is 12.3. The predicted octanol–water partition coefficient (Wildman–Crippen LogP) is -0.324. The number of carbonyl (C=O) groups excluding carboxylic acids is 2. The molecule has 6 atom stereocenters. The van der Waals surface area contributed by atoms with Crippen molar-refractivity contribution in [1.29, 1.82) is 0 Å². The van der Waals surface area contributed by atoms with Crippen LogP contribution in [0.3, 0.4) is 0 Å². The maximum atomic E-state index is 12.3. The number of rotatable bonds is 4. The molecule has 0 aromatic rings. The Bertz CT molecular complexity index is 470. The van der Waals surface area contributed by atoms with Crippen molar-refractivity contribution in [3.63, 3.8) is 0 Å². The molecule has 3 rings (SSSR count). The van der Waals surface area contributed by atoms with Gasteiger partial charge < -0.3 is 4.74 Å². The fourth-order valence-electron chi connectivity index (χ4n) is 3.70. The fourth-order valence-corrected chi connectivity index (χ4v) is 3.70. The number of hydrogen-bond acceptors (Lipinski definition) is 5. The summed E-state index contributed by atoms with van der Waals surface area (Å²) in [5.41, 5.74) is -0.563. The summed E-state index contributed by atoms with van der Waals surface area (Å²) >= 11 is 0. The van der Waals surface area contributed by atoms with Crippen LogP contribution in [0.15, 0.2) is 0 Å². The zero-order chi connectivity index (χ0) is 14.8.